The number of pyridine rings is 1. The van der Waals surface area contributed by atoms with Crippen molar-refractivity contribution in [1.82, 2.24) is 19.7 Å². The van der Waals surface area contributed by atoms with Gasteiger partial charge in [0.2, 0.25) is 5.88 Å². The highest BCUT2D eigenvalue weighted by molar-refractivity contribution is 5.97. The van der Waals surface area contributed by atoms with Gasteiger partial charge in [0.15, 0.2) is 0 Å². The van der Waals surface area contributed by atoms with Gasteiger partial charge < -0.3 is 19.6 Å². The summed E-state index contributed by atoms with van der Waals surface area (Å²) in [5.41, 5.74) is 1.07. The number of carbonyl (C=O) groups is 1. The van der Waals surface area contributed by atoms with Crippen molar-refractivity contribution in [3.63, 3.8) is 0 Å². The van der Waals surface area contributed by atoms with E-state index in [4.69, 9.17) is 4.74 Å². The minimum atomic E-state index is -0.288. The zero-order chi connectivity index (χ0) is 20.8. The fourth-order valence-electron chi connectivity index (χ4n) is 3.05. The van der Waals surface area contributed by atoms with Crippen molar-refractivity contribution in [2.75, 3.05) is 54.4 Å². The largest absolute Gasteiger partial charge is 0.472 e. The molecule has 7 heteroatoms. The van der Waals surface area contributed by atoms with Gasteiger partial charge in [-0.1, -0.05) is 18.8 Å². The lowest BCUT2D eigenvalue weighted by molar-refractivity contribution is 0.0348. The lowest BCUT2D eigenvalue weighted by Crippen LogP contribution is -2.49. The van der Waals surface area contributed by atoms with Crippen LogP contribution in [0.3, 0.4) is 0 Å². The maximum atomic E-state index is 13.2. The molecule has 1 aliphatic rings. The number of rotatable bonds is 5. The molecule has 0 unspecified atom stereocenters. The Hall–Kier alpha value is -2.14. The minimum absolute atomic E-state index is 0.0925. The van der Waals surface area contributed by atoms with E-state index in [-0.39, 0.29) is 30.6 Å². The second-order valence-corrected chi connectivity index (χ2v) is 8.00. The summed E-state index contributed by atoms with van der Waals surface area (Å²) < 4.78 is 6.17. The molecule has 0 aliphatic carbocycles. The first-order valence-electron chi connectivity index (χ1n) is 9.59. The first-order chi connectivity index (χ1) is 13.2. The van der Waals surface area contributed by atoms with Crippen molar-refractivity contribution in [1.29, 1.82) is 0 Å². The van der Waals surface area contributed by atoms with E-state index in [0.717, 1.165) is 0 Å². The Balaban J connectivity index is 2.45. The van der Waals surface area contributed by atoms with Crippen molar-refractivity contribution in [2.24, 2.45) is 5.92 Å². The number of ether oxygens (including phenoxy) is 1. The third-order valence-electron chi connectivity index (χ3n) is 4.69. The summed E-state index contributed by atoms with van der Waals surface area (Å²) in [5.74, 6) is 6.35. The number of aromatic nitrogens is 1. The van der Waals surface area contributed by atoms with E-state index in [2.05, 4.69) is 28.6 Å². The lowest BCUT2D eigenvalue weighted by Gasteiger charge is -2.37. The van der Waals surface area contributed by atoms with Gasteiger partial charge >= 0.3 is 0 Å². The molecule has 1 N–H and O–H groups in total. The highest BCUT2D eigenvalue weighted by Gasteiger charge is 2.33. The van der Waals surface area contributed by atoms with Crippen molar-refractivity contribution in [2.45, 2.75) is 26.0 Å². The van der Waals surface area contributed by atoms with Crippen molar-refractivity contribution < 1.29 is 14.6 Å². The van der Waals surface area contributed by atoms with Gasteiger partial charge in [-0.05, 0) is 41.2 Å². The van der Waals surface area contributed by atoms with Gasteiger partial charge in [-0.3, -0.25) is 9.69 Å². The average Bonchev–Trinajstić information content (AvgIpc) is 2.63. The molecule has 1 aromatic heterocycles. The van der Waals surface area contributed by atoms with Gasteiger partial charge in [0.1, 0.15) is 11.7 Å². The summed E-state index contributed by atoms with van der Waals surface area (Å²) in [6.45, 7) is 5.66. The quantitative estimate of drug-likeness (QED) is 0.752. The molecule has 0 saturated heterocycles. The third kappa shape index (κ3) is 5.68. The van der Waals surface area contributed by atoms with E-state index in [1.165, 1.54) is 0 Å². The SMILES string of the molecule is C[C@H]1CN([C@@H](C)CO)C(=O)c2cc(C#CCN(C)C)cnc2O[C@@H]1CN(C)C. The zero-order valence-corrected chi connectivity index (χ0v) is 17.8. The fraction of sp³-hybridized carbons (Fsp3) is 0.619. The Labute approximate surface area is 168 Å². The second-order valence-electron chi connectivity index (χ2n) is 8.00. The number of fused-ring (bicyclic) bond motifs is 1. The molecule has 1 aromatic rings. The van der Waals surface area contributed by atoms with E-state index in [1.807, 2.05) is 40.0 Å². The number of aliphatic hydroxyl groups is 1. The minimum Gasteiger partial charge on any atom is -0.472 e. The number of aliphatic hydroxyl groups excluding tert-OH is 1. The molecule has 0 aromatic carbocycles. The molecule has 0 bridgehead atoms. The molecular weight excluding hydrogens is 356 g/mol. The molecule has 1 amide bonds. The smallest absolute Gasteiger partial charge is 0.259 e. The van der Waals surface area contributed by atoms with Crippen LogP contribution in [0.25, 0.3) is 0 Å². The summed E-state index contributed by atoms with van der Waals surface area (Å²) in [7, 11) is 7.88. The molecule has 0 radical (unpaired) electrons. The van der Waals surface area contributed by atoms with Crippen LogP contribution in [0, 0.1) is 17.8 Å². The molecule has 2 heterocycles. The summed E-state index contributed by atoms with van der Waals surface area (Å²) in [6.07, 6.45) is 1.53. The van der Waals surface area contributed by atoms with Crippen LogP contribution in [0.2, 0.25) is 0 Å². The first-order valence-corrected chi connectivity index (χ1v) is 9.59. The van der Waals surface area contributed by atoms with Crippen LogP contribution in [0.4, 0.5) is 0 Å². The number of likely N-dealkylation sites (N-methyl/N-ethyl adjacent to an activating group) is 1. The van der Waals surface area contributed by atoms with Crippen LogP contribution in [0.15, 0.2) is 12.3 Å². The van der Waals surface area contributed by atoms with Gasteiger partial charge in [0.05, 0.1) is 19.2 Å². The van der Waals surface area contributed by atoms with Gasteiger partial charge in [-0.2, -0.15) is 0 Å². The lowest BCUT2D eigenvalue weighted by atomic mass is 10.00. The predicted octanol–water partition coefficient (Wildman–Crippen LogP) is 0.776. The van der Waals surface area contributed by atoms with Crippen LogP contribution in [0.5, 0.6) is 5.88 Å². The Morgan fingerprint density at radius 1 is 1.36 bits per heavy atom. The average molecular weight is 389 g/mol. The normalized spacial score (nSPS) is 20.8. The third-order valence-corrected chi connectivity index (χ3v) is 4.69. The molecule has 1 aliphatic heterocycles. The molecule has 0 saturated carbocycles. The first kappa shape index (κ1) is 22.2. The Morgan fingerprint density at radius 2 is 2.07 bits per heavy atom. The van der Waals surface area contributed by atoms with Crippen molar-refractivity contribution >= 4 is 5.91 Å². The van der Waals surface area contributed by atoms with Gasteiger partial charge in [0, 0.05) is 30.8 Å². The Kier molecular flexibility index (Phi) is 7.81. The van der Waals surface area contributed by atoms with Crippen molar-refractivity contribution in [3.05, 3.63) is 23.4 Å². The summed E-state index contributed by atoms with van der Waals surface area (Å²) in [4.78, 5) is 23.4. The van der Waals surface area contributed by atoms with Crippen LogP contribution < -0.4 is 4.74 Å². The standard InChI is InChI=1S/C21H32N4O3/c1-15-12-25(16(2)14-26)21(27)18-10-17(8-7-9-23(3)4)11-22-20(18)28-19(15)13-24(5)6/h10-11,15-16,19,26H,9,12-14H2,1-6H3/t15-,16-,19+/m0/s1. The Bertz CT molecular complexity index is 739. The summed E-state index contributed by atoms with van der Waals surface area (Å²) >= 11 is 0. The van der Waals surface area contributed by atoms with E-state index in [0.29, 0.717) is 36.6 Å². The number of nitrogens with zero attached hydrogens (tertiary/aromatic N) is 4. The molecule has 7 nitrogen and oxygen atoms in total. The maximum absolute atomic E-state index is 13.2. The molecule has 0 fully saturated rings. The Morgan fingerprint density at radius 3 is 2.68 bits per heavy atom. The van der Waals surface area contributed by atoms with Gasteiger partial charge in [0.25, 0.3) is 5.91 Å². The molecule has 28 heavy (non-hydrogen) atoms. The number of hydrogen-bond acceptors (Lipinski definition) is 6. The molecule has 3 atom stereocenters. The molecular formula is C21H32N4O3. The molecule has 154 valence electrons. The zero-order valence-electron chi connectivity index (χ0n) is 17.8. The van der Waals surface area contributed by atoms with Crippen LogP contribution in [-0.4, -0.2) is 97.3 Å². The summed E-state index contributed by atoms with van der Waals surface area (Å²) in [6, 6.07) is 1.46. The van der Waals surface area contributed by atoms with E-state index in [1.54, 1.807) is 17.2 Å². The summed E-state index contributed by atoms with van der Waals surface area (Å²) in [5, 5.41) is 9.66. The second kappa shape index (κ2) is 9.87. The topological polar surface area (TPSA) is 69.1 Å². The molecule has 2 rings (SSSR count). The van der Waals surface area contributed by atoms with E-state index >= 15 is 0 Å². The number of amides is 1. The fourth-order valence-corrected chi connectivity index (χ4v) is 3.05. The highest BCUT2D eigenvalue weighted by atomic mass is 16.5. The molecule has 0 spiro atoms. The van der Waals surface area contributed by atoms with E-state index < -0.39 is 0 Å². The monoisotopic (exact) mass is 388 g/mol. The highest BCUT2D eigenvalue weighted by Crippen LogP contribution is 2.27. The van der Waals surface area contributed by atoms with E-state index in [9.17, 15) is 9.90 Å². The number of hydrogen-bond donors (Lipinski definition) is 1. The van der Waals surface area contributed by atoms with Gasteiger partial charge in [-0.15, -0.1) is 0 Å². The maximum Gasteiger partial charge on any atom is 0.259 e. The van der Waals surface area contributed by atoms with Crippen LogP contribution >= 0.6 is 0 Å². The van der Waals surface area contributed by atoms with Gasteiger partial charge in [-0.25, -0.2) is 4.98 Å². The van der Waals surface area contributed by atoms with Crippen LogP contribution in [0.1, 0.15) is 29.8 Å². The van der Waals surface area contributed by atoms with Crippen LogP contribution in [-0.2, 0) is 0 Å². The predicted molar refractivity (Wildman–Crippen MR) is 109 cm³/mol. The number of carbonyl (C=O) groups excluding carboxylic acids is 1. The van der Waals surface area contributed by atoms with Crippen molar-refractivity contribution in [3.8, 4) is 17.7 Å².